The molecule has 1 aromatic carbocycles. The van der Waals surface area contributed by atoms with Gasteiger partial charge in [0.1, 0.15) is 4.83 Å². The van der Waals surface area contributed by atoms with Crippen LogP contribution >= 0.6 is 11.3 Å². The molecule has 0 fully saturated rings. The number of hydrogen-bond acceptors (Lipinski definition) is 6. The first kappa shape index (κ1) is 18.8. The summed E-state index contributed by atoms with van der Waals surface area (Å²) in [7, 11) is 3.21. The van der Waals surface area contributed by atoms with E-state index in [4.69, 9.17) is 4.74 Å². The number of aromatic nitrogens is 2. The van der Waals surface area contributed by atoms with E-state index in [1.165, 1.54) is 27.1 Å². The normalized spacial score (nSPS) is 11.9. The van der Waals surface area contributed by atoms with Crippen LogP contribution in [0.2, 0.25) is 0 Å². The van der Waals surface area contributed by atoms with Gasteiger partial charge in [0.2, 0.25) is 6.10 Å². The molecule has 3 aromatic rings. The molecule has 140 valence electrons. The van der Waals surface area contributed by atoms with Crippen molar-refractivity contribution < 1.29 is 14.3 Å². The van der Waals surface area contributed by atoms with Crippen LogP contribution in [0.25, 0.3) is 10.2 Å². The minimum Gasteiger partial charge on any atom is -0.447 e. The highest BCUT2D eigenvalue weighted by atomic mass is 32.1. The quantitative estimate of drug-likeness (QED) is 0.608. The van der Waals surface area contributed by atoms with E-state index in [1.54, 1.807) is 49.8 Å². The SMILES string of the molecule is CN(C)C(=O)[C@H](OC(=O)CCn1cnc2sccc2c1=O)c1ccccc1. The smallest absolute Gasteiger partial charge is 0.308 e. The molecule has 1 amide bonds. The van der Waals surface area contributed by atoms with Gasteiger partial charge in [-0.05, 0) is 11.4 Å². The summed E-state index contributed by atoms with van der Waals surface area (Å²) >= 11 is 1.39. The van der Waals surface area contributed by atoms with Gasteiger partial charge in [-0.15, -0.1) is 11.3 Å². The second-order valence-corrected chi connectivity index (χ2v) is 7.04. The van der Waals surface area contributed by atoms with Crippen LogP contribution in [0.4, 0.5) is 0 Å². The van der Waals surface area contributed by atoms with Gasteiger partial charge < -0.3 is 9.64 Å². The highest BCUT2D eigenvalue weighted by molar-refractivity contribution is 7.16. The van der Waals surface area contributed by atoms with Gasteiger partial charge >= 0.3 is 5.97 Å². The summed E-state index contributed by atoms with van der Waals surface area (Å²) in [6, 6.07) is 10.6. The van der Waals surface area contributed by atoms with Gasteiger partial charge in [0, 0.05) is 26.2 Å². The molecular weight excluding hydrogens is 366 g/mol. The molecule has 27 heavy (non-hydrogen) atoms. The Hall–Kier alpha value is -3.00. The van der Waals surface area contributed by atoms with E-state index in [9.17, 15) is 14.4 Å². The van der Waals surface area contributed by atoms with Crippen LogP contribution < -0.4 is 5.56 Å². The molecular formula is C19H19N3O4S. The Morgan fingerprint density at radius 3 is 2.67 bits per heavy atom. The fourth-order valence-corrected chi connectivity index (χ4v) is 3.30. The van der Waals surface area contributed by atoms with E-state index in [2.05, 4.69) is 4.98 Å². The lowest BCUT2D eigenvalue weighted by Gasteiger charge is -2.21. The first-order valence-electron chi connectivity index (χ1n) is 8.35. The number of fused-ring (bicyclic) bond motifs is 1. The van der Waals surface area contributed by atoms with Crippen molar-refractivity contribution in [1.29, 1.82) is 0 Å². The lowest BCUT2D eigenvalue weighted by molar-refractivity contribution is -0.160. The van der Waals surface area contributed by atoms with Gasteiger partial charge in [-0.3, -0.25) is 19.0 Å². The zero-order valence-electron chi connectivity index (χ0n) is 15.0. The molecule has 2 heterocycles. The third kappa shape index (κ3) is 4.22. The molecule has 7 nitrogen and oxygen atoms in total. The van der Waals surface area contributed by atoms with Crippen LogP contribution in [0.1, 0.15) is 18.1 Å². The summed E-state index contributed by atoms with van der Waals surface area (Å²) in [4.78, 5) is 43.3. The lowest BCUT2D eigenvalue weighted by Crippen LogP contribution is -2.31. The summed E-state index contributed by atoms with van der Waals surface area (Å²) in [5.74, 6) is -0.885. The molecule has 3 rings (SSSR count). The highest BCUT2D eigenvalue weighted by Gasteiger charge is 2.26. The molecule has 1 atom stereocenters. The van der Waals surface area contributed by atoms with E-state index >= 15 is 0 Å². The Morgan fingerprint density at radius 2 is 1.96 bits per heavy atom. The Labute approximate surface area is 159 Å². The predicted molar refractivity (Wildman–Crippen MR) is 102 cm³/mol. The number of benzene rings is 1. The molecule has 0 aliphatic rings. The van der Waals surface area contributed by atoms with E-state index in [0.29, 0.717) is 15.8 Å². The van der Waals surface area contributed by atoms with E-state index in [-0.39, 0.29) is 24.4 Å². The van der Waals surface area contributed by atoms with E-state index < -0.39 is 12.1 Å². The predicted octanol–water partition coefficient (Wildman–Crippen LogP) is 2.22. The number of thiophene rings is 1. The van der Waals surface area contributed by atoms with Crippen molar-refractivity contribution in [1.82, 2.24) is 14.5 Å². The zero-order chi connectivity index (χ0) is 19.4. The van der Waals surface area contributed by atoms with Crippen molar-refractivity contribution in [2.24, 2.45) is 0 Å². The van der Waals surface area contributed by atoms with Gasteiger partial charge in [0.15, 0.2) is 0 Å². The fraction of sp³-hybridized carbons (Fsp3) is 0.263. The summed E-state index contributed by atoms with van der Waals surface area (Å²) in [5.41, 5.74) is 0.404. The number of carbonyl (C=O) groups excluding carboxylic acids is 2. The highest BCUT2D eigenvalue weighted by Crippen LogP contribution is 2.20. The van der Waals surface area contributed by atoms with Crippen molar-refractivity contribution in [3.8, 4) is 0 Å². The average Bonchev–Trinajstić information content (AvgIpc) is 3.15. The Kier molecular flexibility index (Phi) is 5.66. The summed E-state index contributed by atoms with van der Waals surface area (Å²) in [6.07, 6.45) is 0.373. The number of nitrogens with zero attached hydrogens (tertiary/aromatic N) is 3. The van der Waals surface area contributed by atoms with Gasteiger partial charge in [-0.2, -0.15) is 0 Å². The fourth-order valence-electron chi connectivity index (χ4n) is 2.58. The lowest BCUT2D eigenvalue weighted by atomic mass is 10.1. The largest absolute Gasteiger partial charge is 0.447 e. The second kappa shape index (κ2) is 8.13. The molecule has 0 saturated heterocycles. The monoisotopic (exact) mass is 385 g/mol. The molecule has 0 saturated carbocycles. The zero-order valence-corrected chi connectivity index (χ0v) is 15.8. The molecule has 0 N–H and O–H groups in total. The summed E-state index contributed by atoms with van der Waals surface area (Å²) in [5, 5.41) is 2.33. The number of likely N-dealkylation sites (N-methyl/N-ethyl adjacent to an activating group) is 1. The molecule has 0 bridgehead atoms. The first-order valence-corrected chi connectivity index (χ1v) is 9.23. The number of rotatable bonds is 6. The topological polar surface area (TPSA) is 81.5 Å². The number of hydrogen-bond donors (Lipinski definition) is 0. The summed E-state index contributed by atoms with van der Waals surface area (Å²) in [6.45, 7) is 0.133. The van der Waals surface area contributed by atoms with Crippen LogP contribution in [-0.4, -0.2) is 40.4 Å². The Balaban J connectivity index is 1.71. The third-order valence-electron chi connectivity index (χ3n) is 4.02. The van der Waals surface area contributed by atoms with Crippen molar-refractivity contribution in [2.45, 2.75) is 19.1 Å². The molecule has 0 radical (unpaired) electrons. The molecule has 0 aliphatic heterocycles. The number of ether oxygens (including phenoxy) is 1. The van der Waals surface area contributed by atoms with Crippen LogP contribution in [-0.2, 0) is 20.9 Å². The molecule has 0 aliphatic carbocycles. The Bertz CT molecular complexity index is 1010. The minimum atomic E-state index is -1.01. The van der Waals surface area contributed by atoms with Gasteiger partial charge in [0.05, 0.1) is 18.1 Å². The van der Waals surface area contributed by atoms with E-state index in [1.807, 2.05) is 6.07 Å². The van der Waals surface area contributed by atoms with Crippen molar-refractivity contribution in [3.05, 3.63) is 64.0 Å². The van der Waals surface area contributed by atoms with Gasteiger partial charge in [0.25, 0.3) is 11.5 Å². The van der Waals surface area contributed by atoms with Crippen LogP contribution in [0, 0.1) is 0 Å². The maximum absolute atomic E-state index is 12.4. The standard InChI is InChI=1S/C19H19N3O4S/c1-21(2)19(25)16(13-6-4-3-5-7-13)26-15(23)8-10-22-12-20-17-14(18(22)24)9-11-27-17/h3-7,9,11-12,16H,8,10H2,1-2H3/t16-/m1/s1. The van der Waals surface area contributed by atoms with Gasteiger partial charge in [-0.25, -0.2) is 4.98 Å². The first-order chi connectivity index (χ1) is 13.0. The third-order valence-corrected chi connectivity index (χ3v) is 4.84. The number of amides is 1. The summed E-state index contributed by atoms with van der Waals surface area (Å²) < 4.78 is 6.81. The van der Waals surface area contributed by atoms with E-state index in [0.717, 1.165) is 0 Å². The average molecular weight is 385 g/mol. The molecule has 0 unspecified atom stereocenters. The Morgan fingerprint density at radius 1 is 1.22 bits per heavy atom. The number of carbonyl (C=O) groups is 2. The van der Waals surface area contributed by atoms with Crippen LogP contribution in [0.3, 0.4) is 0 Å². The van der Waals surface area contributed by atoms with Crippen molar-refractivity contribution >= 4 is 33.4 Å². The molecule has 8 heteroatoms. The second-order valence-electron chi connectivity index (χ2n) is 6.15. The maximum atomic E-state index is 12.4. The van der Waals surface area contributed by atoms with Gasteiger partial charge in [-0.1, -0.05) is 30.3 Å². The van der Waals surface area contributed by atoms with Crippen molar-refractivity contribution in [3.63, 3.8) is 0 Å². The number of aryl methyl sites for hydroxylation is 1. The number of esters is 1. The molecule has 0 spiro atoms. The minimum absolute atomic E-state index is 0.0404. The van der Waals surface area contributed by atoms with Crippen LogP contribution in [0.5, 0.6) is 0 Å². The van der Waals surface area contributed by atoms with Crippen LogP contribution in [0.15, 0.2) is 52.9 Å². The molecule has 2 aromatic heterocycles. The maximum Gasteiger partial charge on any atom is 0.308 e. The van der Waals surface area contributed by atoms with Crippen molar-refractivity contribution in [2.75, 3.05) is 14.1 Å².